The quantitative estimate of drug-likeness (QED) is 0.369. The normalized spacial score (nSPS) is 19.7. The number of carbonyl (C=O) groups excluding carboxylic acids is 2. The molecule has 3 aromatic rings. The minimum absolute atomic E-state index is 0.0244. The summed E-state index contributed by atoms with van der Waals surface area (Å²) in [5, 5.41) is 16.1. The summed E-state index contributed by atoms with van der Waals surface area (Å²) in [5.74, 6) is -3.01. The molecule has 0 radical (unpaired) electrons. The number of hydrogen-bond donors (Lipinski definition) is 3. The first-order valence-corrected chi connectivity index (χ1v) is 12.8. The molecule has 0 saturated heterocycles. The van der Waals surface area contributed by atoms with E-state index in [4.69, 9.17) is 0 Å². The Morgan fingerprint density at radius 3 is 2.51 bits per heavy atom. The van der Waals surface area contributed by atoms with Crippen LogP contribution in [0.1, 0.15) is 57.9 Å². The monoisotopic (exact) mass is 575 g/mol. The number of nitrogens with zero attached hydrogens (tertiary/aromatic N) is 3. The molecule has 41 heavy (non-hydrogen) atoms. The zero-order valence-electron chi connectivity index (χ0n) is 21.5. The van der Waals surface area contributed by atoms with Gasteiger partial charge in [-0.3, -0.25) is 19.0 Å². The second-order valence-corrected chi connectivity index (χ2v) is 10.1. The second kappa shape index (κ2) is 10.8. The van der Waals surface area contributed by atoms with Crippen LogP contribution < -0.4 is 20.9 Å². The fourth-order valence-electron chi connectivity index (χ4n) is 5.20. The molecule has 1 aromatic carbocycles. The van der Waals surface area contributed by atoms with E-state index in [0.717, 1.165) is 12.3 Å². The minimum Gasteiger partial charge on any atom is -0.501 e. The van der Waals surface area contributed by atoms with E-state index in [1.54, 1.807) is 0 Å². The standard InChI is InChI=1S/C27H25F4N5O5/c28-18-3-1-15(2-4-18)12-33-23(39)20-21(37)24(40)36-13-16-5-8-26(9-6-16,25(36)34-20)35-22(38)17-7-10-32-19(11-17)41-14-27(29,30)31/h1-4,7,10-11,16,37H,5-6,8-9,12-14H2,(H,33,39)(H,35,38). The molecule has 0 atom stereocenters. The lowest BCUT2D eigenvalue weighted by Gasteiger charge is -2.37. The van der Waals surface area contributed by atoms with Crippen molar-refractivity contribution in [3.05, 3.63) is 81.4 Å². The van der Waals surface area contributed by atoms with Crippen LogP contribution in [-0.2, 0) is 18.6 Å². The van der Waals surface area contributed by atoms with E-state index in [9.17, 15) is 37.1 Å². The van der Waals surface area contributed by atoms with E-state index in [1.807, 2.05) is 0 Å². The van der Waals surface area contributed by atoms with Crippen LogP contribution in [0.15, 0.2) is 47.4 Å². The fourth-order valence-corrected chi connectivity index (χ4v) is 5.20. The van der Waals surface area contributed by atoms with Crippen LogP contribution in [0.3, 0.4) is 0 Å². The highest BCUT2D eigenvalue weighted by molar-refractivity contribution is 5.95. The Kier molecular flexibility index (Phi) is 7.41. The lowest BCUT2D eigenvalue weighted by Crippen LogP contribution is -2.50. The molecule has 3 aliphatic rings. The zero-order valence-corrected chi connectivity index (χ0v) is 21.5. The van der Waals surface area contributed by atoms with Crippen LogP contribution in [0.5, 0.6) is 11.6 Å². The molecule has 1 saturated carbocycles. The van der Waals surface area contributed by atoms with Crippen molar-refractivity contribution in [2.45, 2.75) is 50.5 Å². The van der Waals surface area contributed by atoms with Crippen molar-refractivity contribution < 1.29 is 37.0 Å². The van der Waals surface area contributed by atoms with Crippen LogP contribution in [-0.4, -0.2) is 44.2 Å². The molecule has 0 unspecified atom stereocenters. The maximum atomic E-state index is 13.3. The topological polar surface area (TPSA) is 135 Å². The Morgan fingerprint density at radius 1 is 1.12 bits per heavy atom. The van der Waals surface area contributed by atoms with Gasteiger partial charge >= 0.3 is 6.18 Å². The molecule has 6 rings (SSSR count). The predicted octanol–water partition coefficient (Wildman–Crippen LogP) is 3.18. The van der Waals surface area contributed by atoms with Gasteiger partial charge in [-0.05, 0) is 55.4 Å². The number of hydrogen-bond acceptors (Lipinski definition) is 7. The molecule has 14 heteroatoms. The lowest BCUT2D eigenvalue weighted by atomic mass is 9.77. The van der Waals surface area contributed by atoms with Gasteiger partial charge in [-0.15, -0.1) is 0 Å². The fraction of sp³-hybridized carbons (Fsp3) is 0.370. The SMILES string of the molecule is O=C(NC12CCC(CC1)Cn1c2nc(C(=O)NCc2ccc(F)cc2)c(O)c1=O)c1ccnc(OCC(F)(F)F)c1. The van der Waals surface area contributed by atoms with Crippen molar-refractivity contribution in [3.63, 3.8) is 0 Å². The number of alkyl halides is 3. The Hall–Kier alpha value is -4.49. The maximum Gasteiger partial charge on any atom is 0.422 e. The molecular weight excluding hydrogens is 550 g/mol. The largest absolute Gasteiger partial charge is 0.501 e. The number of pyridine rings is 1. The summed E-state index contributed by atoms with van der Waals surface area (Å²) in [6.45, 7) is -1.37. The summed E-state index contributed by atoms with van der Waals surface area (Å²) in [4.78, 5) is 47.7. The molecule has 216 valence electrons. The van der Waals surface area contributed by atoms with Crippen molar-refractivity contribution in [2.75, 3.05) is 6.61 Å². The van der Waals surface area contributed by atoms with Gasteiger partial charge in [0.25, 0.3) is 17.4 Å². The van der Waals surface area contributed by atoms with Gasteiger partial charge in [-0.25, -0.2) is 14.4 Å². The number of aromatic hydroxyl groups is 1. The first-order valence-electron chi connectivity index (χ1n) is 12.8. The first kappa shape index (κ1) is 28.1. The van der Waals surface area contributed by atoms with Crippen LogP contribution in [0.2, 0.25) is 0 Å². The highest BCUT2D eigenvalue weighted by atomic mass is 19.4. The first-order chi connectivity index (χ1) is 19.4. The average molecular weight is 576 g/mol. The number of aromatic nitrogens is 3. The van der Waals surface area contributed by atoms with E-state index in [2.05, 4.69) is 25.3 Å². The zero-order chi connectivity index (χ0) is 29.4. The van der Waals surface area contributed by atoms with E-state index in [1.165, 1.54) is 34.9 Å². The van der Waals surface area contributed by atoms with Gasteiger partial charge in [0.2, 0.25) is 11.6 Å². The van der Waals surface area contributed by atoms with Crippen LogP contribution in [0.4, 0.5) is 17.6 Å². The van der Waals surface area contributed by atoms with Crippen molar-refractivity contribution in [1.29, 1.82) is 0 Å². The molecule has 10 nitrogen and oxygen atoms in total. The molecule has 2 bridgehead atoms. The summed E-state index contributed by atoms with van der Waals surface area (Å²) in [6, 6.07) is 7.77. The number of rotatable bonds is 7. The number of halogens is 4. The number of benzene rings is 1. The Labute approximate surface area is 230 Å². The minimum atomic E-state index is -4.59. The Morgan fingerprint density at radius 2 is 1.83 bits per heavy atom. The number of ether oxygens (including phenoxy) is 1. The van der Waals surface area contributed by atoms with Crippen LogP contribution in [0, 0.1) is 11.7 Å². The highest BCUT2D eigenvalue weighted by Gasteiger charge is 2.46. The van der Waals surface area contributed by atoms with Gasteiger partial charge in [0.1, 0.15) is 11.6 Å². The summed E-state index contributed by atoms with van der Waals surface area (Å²) < 4.78 is 56.8. The molecular formula is C27H25F4N5O5. The predicted molar refractivity (Wildman–Crippen MR) is 135 cm³/mol. The van der Waals surface area contributed by atoms with Gasteiger partial charge < -0.3 is 20.5 Å². The van der Waals surface area contributed by atoms with Crippen molar-refractivity contribution in [1.82, 2.24) is 25.2 Å². The summed E-state index contributed by atoms with van der Waals surface area (Å²) in [6.07, 6.45) is -1.46. The van der Waals surface area contributed by atoms with E-state index < -0.39 is 58.8 Å². The maximum absolute atomic E-state index is 13.3. The molecule has 2 aliphatic heterocycles. The molecule has 0 spiro atoms. The molecule has 4 heterocycles. The third kappa shape index (κ3) is 6.00. The second-order valence-electron chi connectivity index (χ2n) is 10.1. The van der Waals surface area contributed by atoms with Crippen LogP contribution >= 0.6 is 0 Å². The van der Waals surface area contributed by atoms with E-state index in [-0.39, 0.29) is 30.4 Å². The summed E-state index contributed by atoms with van der Waals surface area (Å²) in [7, 11) is 0. The highest BCUT2D eigenvalue weighted by Crippen LogP contribution is 2.43. The van der Waals surface area contributed by atoms with Gasteiger partial charge in [-0.2, -0.15) is 13.2 Å². The Balaban J connectivity index is 1.44. The summed E-state index contributed by atoms with van der Waals surface area (Å²) in [5.41, 5.74) is -2.00. The molecule has 1 aliphatic carbocycles. The number of carbonyl (C=O) groups is 2. The molecule has 1 fully saturated rings. The van der Waals surface area contributed by atoms with Gasteiger partial charge in [0, 0.05) is 30.9 Å². The lowest BCUT2D eigenvalue weighted by molar-refractivity contribution is -0.154. The van der Waals surface area contributed by atoms with Crippen molar-refractivity contribution >= 4 is 11.8 Å². The third-order valence-electron chi connectivity index (χ3n) is 7.29. The molecule has 3 N–H and O–H groups in total. The van der Waals surface area contributed by atoms with Crippen molar-refractivity contribution in [2.24, 2.45) is 5.92 Å². The van der Waals surface area contributed by atoms with Gasteiger partial charge in [-0.1, -0.05) is 12.1 Å². The van der Waals surface area contributed by atoms with Gasteiger partial charge in [0.15, 0.2) is 12.3 Å². The number of nitrogens with one attached hydrogen (secondary N) is 2. The number of fused-ring (bicyclic) bond motifs is 2. The van der Waals surface area contributed by atoms with Gasteiger partial charge in [0.05, 0.1) is 5.54 Å². The smallest absolute Gasteiger partial charge is 0.422 e. The van der Waals surface area contributed by atoms with Crippen LogP contribution in [0.25, 0.3) is 0 Å². The summed E-state index contributed by atoms with van der Waals surface area (Å²) >= 11 is 0. The number of amides is 2. The van der Waals surface area contributed by atoms with Crippen molar-refractivity contribution in [3.8, 4) is 11.6 Å². The molecule has 2 amide bonds. The molecule has 2 aromatic heterocycles. The van der Waals surface area contributed by atoms with E-state index in [0.29, 0.717) is 31.2 Å². The average Bonchev–Trinajstić information content (AvgIpc) is 3.19. The van der Waals surface area contributed by atoms with E-state index >= 15 is 0 Å². The third-order valence-corrected chi connectivity index (χ3v) is 7.29. The Bertz CT molecular complexity index is 1530.